The third kappa shape index (κ3) is 3.88. The molecule has 0 saturated carbocycles. The fraction of sp³-hybridized carbons (Fsp3) is 0.263. The van der Waals surface area contributed by atoms with E-state index in [4.69, 9.17) is 0 Å². The minimum atomic E-state index is -0.395. The van der Waals surface area contributed by atoms with Crippen molar-refractivity contribution in [3.05, 3.63) is 63.4 Å². The van der Waals surface area contributed by atoms with E-state index in [0.717, 1.165) is 22.4 Å². The number of hydrogen-bond acceptors (Lipinski definition) is 5. The highest BCUT2D eigenvalue weighted by Gasteiger charge is 2.12. The molecule has 1 unspecified atom stereocenters. The number of carbonyl (C=O) groups is 1. The van der Waals surface area contributed by atoms with Crippen LogP contribution in [0.25, 0.3) is 11.3 Å². The van der Waals surface area contributed by atoms with Gasteiger partial charge in [0.2, 0.25) is 0 Å². The first-order valence-electron chi connectivity index (χ1n) is 8.39. The van der Waals surface area contributed by atoms with Crippen molar-refractivity contribution in [1.29, 1.82) is 0 Å². The number of nitrogens with one attached hydrogen (secondary N) is 1. The molecule has 0 saturated heterocycles. The van der Waals surface area contributed by atoms with Gasteiger partial charge < -0.3 is 0 Å². The van der Waals surface area contributed by atoms with Gasteiger partial charge in [-0.25, -0.2) is 9.67 Å². The third-order valence-corrected chi connectivity index (χ3v) is 5.06. The zero-order valence-electron chi connectivity index (χ0n) is 14.9. The molecule has 2 aromatic heterocycles. The summed E-state index contributed by atoms with van der Waals surface area (Å²) < 4.78 is 1.13. The predicted octanol–water partition coefficient (Wildman–Crippen LogP) is 3.67. The van der Waals surface area contributed by atoms with Crippen LogP contribution in [0.5, 0.6) is 0 Å². The number of anilines is 1. The molecule has 3 aromatic rings. The van der Waals surface area contributed by atoms with Gasteiger partial charge in [-0.3, -0.25) is 14.9 Å². The van der Waals surface area contributed by atoms with E-state index in [0.29, 0.717) is 11.0 Å². The maximum absolute atomic E-state index is 12.3. The first-order chi connectivity index (χ1) is 12.5. The molecule has 0 radical (unpaired) electrons. The fourth-order valence-electron chi connectivity index (χ4n) is 2.47. The van der Waals surface area contributed by atoms with E-state index in [1.54, 1.807) is 0 Å². The molecule has 0 aliphatic rings. The van der Waals surface area contributed by atoms with Gasteiger partial charge in [0.1, 0.15) is 5.69 Å². The minimum absolute atomic E-state index is 0.168. The average molecular weight is 368 g/mol. The summed E-state index contributed by atoms with van der Waals surface area (Å²) >= 11 is 1.35. The number of carbonyl (C=O) groups excluding carboxylic acids is 1. The molecule has 0 bridgehead atoms. The molecule has 7 heteroatoms. The molecule has 1 amide bonds. The molecular weight excluding hydrogens is 348 g/mol. The fourth-order valence-corrected chi connectivity index (χ4v) is 3.18. The molecule has 134 valence electrons. The Bertz CT molecular complexity index is 976. The quantitative estimate of drug-likeness (QED) is 0.745. The summed E-state index contributed by atoms with van der Waals surface area (Å²) in [6, 6.07) is 11.1. The predicted molar refractivity (Wildman–Crippen MR) is 104 cm³/mol. The number of thiazole rings is 1. The molecule has 0 aliphatic heterocycles. The Balaban J connectivity index is 1.74. The van der Waals surface area contributed by atoms with Crippen LogP contribution in [0, 0.1) is 0 Å². The van der Waals surface area contributed by atoms with Crippen LogP contribution >= 0.6 is 11.3 Å². The van der Waals surface area contributed by atoms with Crippen molar-refractivity contribution < 1.29 is 4.79 Å². The van der Waals surface area contributed by atoms with E-state index in [-0.39, 0.29) is 11.3 Å². The summed E-state index contributed by atoms with van der Waals surface area (Å²) in [5, 5.41) is 9.06. The minimum Gasteiger partial charge on any atom is -0.296 e. The smallest absolute Gasteiger partial charge is 0.277 e. The molecule has 0 fully saturated rings. The molecule has 0 spiro atoms. The van der Waals surface area contributed by atoms with Gasteiger partial charge >= 0.3 is 0 Å². The van der Waals surface area contributed by atoms with Crippen molar-refractivity contribution in [2.24, 2.45) is 7.05 Å². The first kappa shape index (κ1) is 18.0. The summed E-state index contributed by atoms with van der Waals surface area (Å²) in [7, 11) is 1.50. The zero-order chi connectivity index (χ0) is 18.7. The lowest BCUT2D eigenvalue weighted by molar-refractivity contribution is 0.102. The third-order valence-electron chi connectivity index (χ3n) is 4.31. The lowest BCUT2D eigenvalue weighted by atomic mass is 9.97. The maximum atomic E-state index is 12.3. The van der Waals surface area contributed by atoms with E-state index >= 15 is 0 Å². The summed E-state index contributed by atoms with van der Waals surface area (Å²) in [6.07, 6.45) is 1.10. The van der Waals surface area contributed by atoms with Crippen molar-refractivity contribution in [2.75, 3.05) is 5.32 Å². The highest BCUT2D eigenvalue weighted by atomic mass is 32.1. The van der Waals surface area contributed by atoms with Gasteiger partial charge in [0.25, 0.3) is 11.5 Å². The highest BCUT2D eigenvalue weighted by Crippen LogP contribution is 2.27. The first-order valence-corrected chi connectivity index (χ1v) is 9.27. The van der Waals surface area contributed by atoms with E-state index in [9.17, 15) is 9.59 Å². The van der Waals surface area contributed by atoms with Crippen LogP contribution in [0.15, 0.2) is 46.6 Å². The van der Waals surface area contributed by atoms with Crippen LogP contribution in [0.4, 0.5) is 5.13 Å². The Morgan fingerprint density at radius 2 is 1.96 bits per heavy atom. The van der Waals surface area contributed by atoms with Crippen LogP contribution in [-0.4, -0.2) is 20.7 Å². The molecule has 1 aromatic carbocycles. The Morgan fingerprint density at radius 3 is 2.62 bits per heavy atom. The van der Waals surface area contributed by atoms with Gasteiger partial charge in [0.15, 0.2) is 5.13 Å². The number of aromatic nitrogens is 3. The summed E-state index contributed by atoms with van der Waals surface area (Å²) in [5.74, 6) is 0.136. The normalized spacial score (nSPS) is 12.0. The summed E-state index contributed by atoms with van der Waals surface area (Å²) in [5.41, 5.74) is 3.03. The van der Waals surface area contributed by atoms with Gasteiger partial charge in [-0.15, -0.1) is 11.3 Å². The van der Waals surface area contributed by atoms with E-state index in [1.165, 1.54) is 36.1 Å². The van der Waals surface area contributed by atoms with Gasteiger partial charge in [-0.05, 0) is 24.0 Å². The number of hydrogen-bond donors (Lipinski definition) is 1. The largest absolute Gasteiger partial charge is 0.296 e. The molecule has 3 rings (SSSR count). The van der Waals surface area contributed by atoms with Crippen molar-refractivity contribution >= 4 is 22.4 Å². The molecule has 1 atom stereocenters. The van der Waals surface area contributed by atoms with E-state index < -0.39 is 5.91 Å². The number of benzene rings is 1. The summed E-state index contributed by atoms with van der Waals surface area (Å²) in [6.45, 7) is 4.38. The Morgan fingerprint density at radius 1 is 1.23 bits per heavy atom. The number of amides is 1. The summed E-state index contributed by atoms with van der Waals surface area (Å²) in [4.78, 5) is 28.1. The van der Waals surface area contributed by atoms with Crippen LogP contribution in [0.1, 0.15) is 42.2 Å². The second kappa shape index (κ2) is 7.61. The van der Waals surface area contributed by atoms with Crippen LogP contribution in [-0.2, 0) is 7.05 Å². The molecule has 0 aliphatic carbocycles. The molecular formula is C19H20N4O2S. The monoisotopic (exact) mass is 368 g/mol. The molecule has 2 heterocycles. The van der Waals surface area contributed by atoms with Crippen molar-refractivity contribution in [3.8, 4) is 11.3 Å². The number of rotatable bonds is 5. The van der Waals surface area contributed by atoms with Crippen molar-refractivity contribution in [2.45, 2.75) is 26.2 Å². The Kier molecular flexibility index (Phi) is 5.27. The molecule has 1 N–H and O–H groups in total. The lowest BCUT2D eigenvalue weighted by Gasteiger charge is -2.08. The second-order valence-electron chi connectivity index (χ2n) is 6.10. The van der Waals surface area contributed by atoms with Crippen molar-refractivity contribution in [3.63, 3.8) is 0 Å². The molecule has 6 nitrogen and oxygen atoms in total. The van der Waals surface area contributed by atoms with Crippen LogP contribution < -0.4 is 10.9 Å². The Hall–Kier alpha value is -2.80. The van der Waals surface area contributed by atoms with Crippen LogP contribution in [0.3, 0.4) is 0 Å². The van der Waals surface area contributed by atoms with Gasteiger partial charge in [0, 0.05) is 24.1 Å². The Labute approximate surface area is 155 Å². The second-order valence-corrected chi connectivity index (χ2v) is 6.96. The number of nitrogens with zero attached hydrogens (tertiary/aromatic N) is 3. The lowest BCUT2D eigenvalue weighted by Crippen LogP contribution is -2.23. The van der Waals surface area contributed by atoms with Crippen molar-refractivity contribution in [1.82, 2.24) is 14.8 Å². The topological polar surface area (TPSA) is 76.9 Å². The van der Waals surface area contributed by atoms with E-state index in [2.05, 4.69) is 53.5 Å². The highest BCUT2D eigenvalue weighted by molar-refractivity contribution is 7.14. The zero-order valence-corrected chi connectivity index (χ0v) is 15.7. The standard InChI is InChI=1S/C19H20N4O2S/c1-4-12(2)13-5-7-14(8-6-13)16-11-26-19(20-16)21-18(25)15-9-10-17(24)23(3)22-15/h5-12H,4H2,1-3H3,(H,20,21,25). The SMILES string of the molecule is CCC(C)c1ccc(-c2csc(NC(=O)c3ccc(=O)n(C)n3)n2)cc1. The maximum Gasteiger partial charge on any atom is 0.277 e. The van der Waals surface area contributed by atoms with Gasteiger partial charge in [-0.2, -0.15) is 5.10 Å². The van der Waals surface area contributed by atoms with Gasteiger partial charge in [-0.1, -0.05) is 38.1 Å². The number of aryl methyl sites for hydroxylation is 1. The van der Waals surface area contributed by atoms with Crippen LogP contribution in [0.2, 0.25) is 0 Å². The average Bonchev–Trinajstić information content (AvgIpc) is 3.11. The van der Waals surface area contributed by atoms with E-state index in [1.807, 2.05) is 5.38 Å². The molecule has 26 heavy (non-hydrogen) atoms. The van der Waals surface area contributed by atoms with Gasteiger partial charge in [0.05, 0.1) is 5.69 Å².